The second-order valence-electron chi connectivity index (χ2n) is 4.97. The van der Waals surface area contributed by atoms with Crippen LogP contribution >= 0.6 is 15.9 Å². The molecule has 1 fully saturated rings. The molecule has 0 aromatic carbocycles. The highest BCUT2D eigenvalue weighted by Crippen LogP contribution is 2.30. The quantitative estimate of drug-likeness (QED) is 0.609. The van der Waals surface area contributed by atoms with Gasteiger partial charge in [0, 0.05) is 24.7 Å². The molecule has 2 rings (SSSR count). The van der Waals surface area contributed by atoms with Crippen LogP contribution in [0, 0.1) is 17.0 Å². The summed E-state index contributed by atoms with van der Waals surface area (Å²) in [6.45, 7) is 6.69. The summed E-state index contributed by atoms with van der Waals surface area (Å²) >= 11 is 3.38. The topological polar surface area (TPSA) is 71.3 Å². The Balaban J connectivity index is 1.96. The van der Waals surface area contributed by atoms with Gasteiger partial charge in [-0.15, -0.1) is 0 Å². The third-order valence-electron chi connectivity index (χ3n) is 3.59. The van der Waals surface area contributed by atoms with Gasteiger partial charge < -0.3 is 5.32 Å². The van der Waals surface area contributed by atoms with Crippen molar-refractivity contribution in [3.05, 3.63) is 26.3 Å². The number of hydrogen-bond donors (Lipinski definition) is 1. The first-order chi connectivity index (χ1) is 9.54. The number of likely N-dealkylation sites (N-methyl/N-ethyl adjacent to an activating group) is 1. The highest BCUT2D eigenvalue weighted by Gasteiger charge is 2.27. The Morgan fingerprint density at radius 1 is 1.60 bits per heavy atom. The fraction of sp³-hybridized carbons (Fsp3) is 0.615. The molecule has 0 spiro atoms. The van der Waals surface area contributed by atoms with Gasteiger partial charge >= 0.3 is 0 Å². The summed E-state index contributed by atoms with van der Waals surface area (Å²) < 4.78 is 0.668. The third-order valence-corrected chi connectivity index (χ3v) is 4.57. The lowest BCUT2D eigenvalue weighted by atomic mass is 10.2. The van der Waals surface area contributed by atoms with Crippen LogP contribution in [0.4, 0.5) is 11.5 Å². The highest BCUT2D eigenvalue weighted by molar-refractivity contribution is 9.10. The molecule has 1 saturated carbocycles. The van der Waals surface area contributed by atoms with Gasteiger partial charge in [0.2, 0.25) is 0 Å². The molecule has 20 heavy (non-hydrogen) atoms. The molecule has 0 bridgehead atoms. The Hall–Kier alpha value is -1.21. The average molecular weight is 343 g/mol. The average Bonchev–Trinajstić information content (AvgIpc) is 3.23. The van der Waals surface area contributed by atoms with Crippen molar-refractivity contribution in [2.75, 3.05) is 25.0 Å². The van der Waals surface area contributed by atoms with E-state index in [1.807, 2.05) is 0 Å². The van der Waals surface area contributed by atoms with Crippen LogP contribution in [0.2, 0.25) is 0 Å². The van der Waals surface area contributed by atoms with Crippen molar-refractivity contribution in [3.8, 4) is 0 Å². The Morgan fingerprint density at radius 2 is 2.30 bits per heavy atom. The van der Waals surface area contributed by atoms with Crippen LogP contribution in [0.25, 0.3) is 0 Å². The number of halogens is 1. The SMILES string of the molecule is CCN(CCNc1ncc([N+](=O)[O-])c(C)c1Br)C1CC1. The minimum absolute atomic E-state index is 0.0376. The van der Waals surface area contributed by atoms with Gasteiger partial charge in [-0.1, -0.05) is 6.92 Å². The lowest BCUT2D eigenvalue weighted by Crippen LogP contribution is -2.31. The summed E-state index contributed by atoms with van der Waals surface area (Å²) in [4.78, 5) is 17.0. The number of aromatic nitrogens is 1. The Morgan fingerprint density at radius 3 is 2.85 bits per heavy atom. The van der Waals surface area contributed by atoms with Gasteiger partial charge in [-0.3, -0.25) is 15.0 Å². The monoisotopic (exact) mass is 342 g/mol. The standard InChI is InChI=1S/C13H19BrN4O2/c1-3-17(10-4-5-10)7-6-15-13-12(14)9(2)11(8-16-13)18(19)20/h8,10H,3-7H2,1-2H3,(H,15,16). The van der Waals surface area contributed by atoms with E-state index in [1.165, 1.54) is 19.0 Å². The minimum atomic E-state index is -0.414. The number of nitrogens with zero attached hydrogens (tertiary/aromatic N) is 3. The number of nitro groups is 1. The molecule has 1 aliphatic rings. The largest absolute Gasteiger partial charge is 0.368 e. The van der Waals surface area contributed by atoms with Crippen molar-refractivity contribution in [2.45, 2.75) is 32.7 Å². The van der Waals surface area contributed by atoms with Crippen molar-refractivity contribution in [1.29, 1.82) is 0 Å². The zero-order valence-electron chi connectivity index (χ0n) is 11.7. The Bertz CT molecular complexity index is 505. The molecule has 0 atom stereocenters. The van der Waals surface area contributed by atoms with Crippen LogP contribution in [-0.2, 0) is 0 Å². The van der Waals surface area contributed by atoms with Crippen LogP contribution in [0.3, 0.4) is 0 Å². The molecule has 1 heterocycles. The fourth-order valence-electron chi connectivity index (χ4n) is 2.23. The minimum Gasteiger partial charge on any atom is -0.368 e. The summed E-state index contributed by atoms with van der Waals surface area (Å²) in [7, 11) is 0. The molecule has 1 N–H and O–H groups in total. The summed E-state index contributed by atoms with van der Waals surface area (Å²) in [6, 6.07) is 0.747. The van der Waals surface area contributed by atoms with Gasteiger partial charge in [0.15, 0.2) is 0 Å². The van der Waals surface area contributed by atoms with E-state index in [9.17, 15) is 10.1 Å². The van der Waals surface area contributed by atoms with Crippen molar-refractivity contribution < 1.29 is 4.92 Å². The summed E-state index contributed by atoms with van der Waals surface area (Å²) in [5, 5.41) is 14.1. The summed E-state index contributed by atoms with van der Waals surface area (Å²) in [6.07, 6.45) is 3.90. The van der Waals surface area contributed by atoms with E-state index in [0.717, 1.165) is 25.7 Å². The predicted octanol–water partition coefficient (Wildman–Crippen LogP) is 2.96. The first-order valence-electron chi connectivity index (χ1n) is 6.82. The first kappa shape index (κ1) is 15.2. The van der Waals surface area contributed by atoms with Crippen LogP contribution in [-0.4, -0.2) is 40.5 Å². The van der Waals surface area contributed by atoms with E-state index in [4.69, 9.17) is 0 Å². The smallest absolute Gasteiger partial charge is 0.291 e. The van der Waals surface area contributed by atoms with Crippen LogP contribution < -0.4 is 5.32 Å². The zero-order chi connectivity index (χ0) is 14.7. The van der Waals surface area contributed by atoms with Crippen molar-refractivity contribution in [1.82, 2.24) is 9.88 Å². The van der Waals surface area contributed by atoms with Crippen LogP contribution in [0.5, 0.6) is 0 Å². The molecule has 0 unspecified atom stereocenters. The Kier molecular flexibility index (Phi) is 4.93. The van der Waals surface area contributed by atoms with Gasteiger partial charge in [-0.05, 0) is 42.2 Å². The normalized spacial score (nSPS) is 14.6. The molecule has 0 radical (unpaired) electrons. The van der Waals surface area contributed by atoms with Crippen LogP contribution in [0.1, 0.15) is 25.3 Å². The maximum absolute atomic E-state index is 10.8. The molecule has 1 aromatic heterocycles. The van der Waals surface area contributed by atoms with E-state index < -0.39 is 4.92 Å². The van der Waals surface area contributed by atoms with E-state index in [-0.39, 0.29) is 5.69 Å². The molecule has 0 saturated heterocycles. The Labute approximate surface area is 126 Å². The van der Waals surface area contributed by atoms with E-state index in [2.05, 4.69) is 38.1 Å². The molecule has 1 aliphatic carbocycles. The van der Waals surface area contributed by atoms with Crippen molar-refractivity contribution in [3.63, 3.8) is 0 Å². The van der Waals surface area contributed by atoms with E-state index >= 15 is 0 Å². The molecule has 7 heteroatoms. The summed E-state index contributed by atoms with van der Waals surface area (Å²) in [5.74, 6) is 0.667. The van der Waals surface area contributed by atoms with Crippen molar-refractivity contribution in [2.24, 2.45) is 0 Å². The first-order valence-corrected chi connectivity index (χ1v) is 7.61. The van der Waals surface area contributed by atoms with E-state index in [0.29, 0.717) is 15.9 Å². The van der Waals surface area contributed by atoms with Crippen molar-refractivity contribution >= 4 is 27.4 Å². The predicted molar refractivity (Wildman–Crippen MR) is 82.1 cm³/mol. The molecule has 1 aromatic rings. The molecular weight excluding hydrogens is 324 g/mol. The maximum Gasteiger partial charge on any atom is 0.291 e. The molecule has 110 valence electrons. The number of rotatable bonds is 7. The highest BCUT2D eigenvalue weighted by atomic mass is 79.9. The lowest BCUT2D eigenvalue weighted by Gasteiger charge is -2.20. The lowest BCUT2D eigenvalue weighted by molar-refractivity contribution is -0.385. The number of anilines is 1. The molecule has 6 nitrogen and oxygen atoms in total. The third kappa shape index (κ3) is 3.46. The van der Waals surface area contributed by atoms with Gasteiger partial charge in [0.05, 0.1) is 9.40 Å². The summed E-state index contributed by atoms with van der Waals surface area (Å²) in [5.41, 5.74) is 0.637. The molecular formula is C13H19BrN4O2. The molecule has 0 aliphatic heterocycles. The molecule has 0 amide bonds. The second kappa shape index (κ2) is 6.49. The number of pyridine rings is 1. The second-order valence-corrected chi connectivity index (χ2v) is 5.77. The van der Waals surface area contributed by atoms with Gasteiger partial charge in [0.1, 0.15) is 12.0 Å². The van der Waals surface area contributed by atoms with Gasteiger partial charge in [-0.2, -0.15) is 0 Å². The van der Waals surface area contributed by atoms with Gasteiger partial charge in [0.25, 0.3) is 5.69 Å². The zero-order valence-corrected chi connectivity index (χ0v) is 13.3. The number of hydrogen-bond acceptors (Lipinski definition) is 5. The number of nitrogens with one attached hydrogen (secondary N) is 1. The fourth-order valence-corrected chi connectivity index (χ4v) is 2.68. The van der Waals surface area contributed by atoms with Gasteiger partial charge in [-0.25, -0.2) is 4.98 Å². The van der Waals surface area contributed by atoms with Crippen LogP contribution in [0.15, 0.2) is 10.7 Å². The van der Waals surface area contributed by atoms with E-state index in [1.54, 1.807) is 6.92 Å². The maximum atomic E-state index is 10.8.